The first-order chi connectivity index (χ1) is 22.4. The van der Waals surface area contributed by atoms with Crippen LogP contribution in [0.25, 0.3) is 4.13 Å². The average Bonchev–Trinajstić information content (AvgIpc) is 2.99. The van der Waals surface area contributed by atoms with Gasteiger partial charge in [0.1, 0.15) is 13.2 Å². The molecule has 0 aromatic rings. The van der Waals surface area contributed by atoms with E-state index in [1.807, 2.05) is 6.92 Å². The Kier molecular flexibility index (Phi) is 11.1. The number of carbonyl (C=O) groups is 3. The van der Waals surface area contributed by atoms with Crippen molar-refractivity contribution in [1.29, 1.82) is 0 Å². The molecular weight excluding hydrogens is 687 g/mol. The maximum atomic E-state index is 14.6. The first kappa shape index (κ1) is 37.2. The number of esters is 3. The Morgan fingerprint density at radius 2 is 1.40 bits per heavy atom. The second kappa shape index (κ2) is 14.3. The molecule has 0 radical (unpaired) electrons. The van der Waals surface area contributed by atoms with Crippen LogP contribution in [0.2, 0.25) is 0 Å². The Balaban J connectivity index is 1.04. The third kappa shape index (κ3) is 8.29. The first-order valence-electron chi connectivity index (χ1n) is 16.4. The molecule has 0 amide bonds. The molecule has 18 heteroatoms. The molecule has 1 heterocycles. The maximum absolute atomic E-state index is 14.6. The molecule has 1 saturated heterocycles. The summed E-state index contributed by atoms with van der Waals surface area (Å²) in [5.41, 5.74) is -1.02. The van der Waals surface area contributed by atoms with Gasteiger partial charge in [0.25, 0.3) is 0 Å². The van der Waals surface area contributed by atoms with Gasteiger partial charge in [0.15, 0.2) is 16.2 Å². The molecule has 5 saturated carbocycles. The lowest BCUT2D eigenvalue weighted by atomic mass is 9.49. The molecule has 1 aliphatic heterocycles. The molecule has 13 nitrogen and oxygen atoms in total. The van der Waals surface area contributed by atoms with Crippen molar-refractivity contribution in [3.8, 4) is 0 Å². The molecule has 3 atom stereocenters. The lowest BCUT2D eigenvalue weighted by molar-refractivity contribution is -0.175. The Bertz CT molecular complexity index is 1400. The molecular formula is C30H43F3NO12S2-. The predicted molar refractivity (Wildman–Crippen MR) is 159 cm³/mol. The summed E-state index contributed by atoms with van der Waals surface area (Å²) in [6, 6.07) is 0. The first-order valence-corrected chi connectivity index (χ1v) is 19.2. The SMILES string of the molecule is CC1(COC(=O)C2CCCCC2C(=O)OCCOS(=O)(=O)[N-]S(=O)(=O)C(F)(F)C(F)CCOC(=O)C23CC4CC(CC(C4)C2)C3)COC1. The summed E-state index contributed by atoms with van der Waals surface area (Å²) in [5, 5.41) is -5.28. The zero-order chi connectivity index (χ0) is 35.0. The van der Waals surface area contributed by atoms with E-state index < -0.39 is 93.2 Å². The average molecular weight is 731 g/mol. The van der Waals surface area contributed by atoms with Crippen molar-refractivity contribution in [2.45, 2.75) is 89.0 Å². The van der Waals surface area contributed by atoms with Gasteiger partial charge in [-0.05, 0) is 69.1 Å². The van der Waals surface area contributed by atoms with E-state index >= 15 is 0 Å². The van der Waals surface area contributed by atoms with Gasteiger partial charge >= 0.3 is 23.2 Å². The van der Waals surface area contributed by atoms with Gasteiger partial charge in [-0.25, -0.2) is 21.2 Å². The van der Waals surface area contributed by atoms with E-state index in [0.29, 0.717) is 75.9 Å². The lowest BCUT2D eigenvalue weighted by Crippen LogP contribution is -2.50. The van der Waals surface area contributed by atoms with Crippen LogP contribution in [0.5, 0.6) is 0 Å². The van der Waals surface area contributed by atoms with Crippen molar-refractivity contribution in [1.82, 2.24) is 0 Å². The van der Waals surface area contributed by atoms with Crippen molar-refractivity contribution in [2.75, 3.05) is 39.6 Å². The number of hydrogen-bond acceptors (Lipinski definition) is 12. The van der Waals surface area contributed by atoms with Crippen molar-refractivity contribution in [2.24, 2.45) is 40.4 Å². The van der Waals surface area contributed by atoms with Crippen LogP contribution >= 0.6 is 0 Å². The zero-order valence-electron chi connectivity index (χ0n) is 26.8. The van der Waals surface area contributed by atoms with Crippen LogP contribution in [0.1, 0.15) is 77.6 Å². The summed E-state index contributed by atoms with van der Waals surface area (Å²) in [5.74, 6) is -2.47. The third-order valence-corrected chi connectivity index (χ3v) is 13.3. The summed E-state index contributed by atoms with van der Waals surface area (Å²) >= 11 is 0. The van der Waals surface area contributed by atoms with E-state index in [1.165, 1.54) is 0 Å². The van der Waals surface area contributed by atoms with Crippen LogP contribution in [0.15, 0.2) is 0 Å². The molecule has 0 spiro atoms. The molecule has 6 aliphatic rings. The molecule has 5 aliphatic carbocycles. The Morgan fingerprint density at radius 1 is 0.854 bits per heavy atom. The molecule has 0 aromatic heterocycles. The number of halogens is 3. The van der Waals surface area contributed by atoms with Crippen LogP contribution in [0, 0.1) is 40.4 Å². The van der Waals surface area contributed by atoms with Crippen LogP contribution in [0.4, 0.5) is 13.2 Å². The fraction of sp³-hybridized carbons (Fsp3) is 0.900. The summed E-state index contributed by atoms with van der Waals surface area (Å²) in [7, 11) is -11.9. The van der Waals surface area contributed by atoms with Crippen molar-refractivity contribution >= 4 is 38.2 Å². The fourth-order valence-electron chi connectivity index (χ4n) is 8.26. The fourth-order valence-corrected chi connectivity index (χ4v) is 10.5. The van der Waals surface area contributed by atoms with Gasteiger partial charge < -0.3 is 23.1 Å². The number of ether oxygens (including phenoxy) is 4. The Labute approximate surface area is 278 Å². The second-order valence-electron chi connectivity index (χ2n) is 14.5. The monoisotopic (exact) mass is 730 g/mol. The highest BCUT2D eigenvalue weighted by Gasteiger charge is 2.56. The highest BCUT2D eigenvalue weighted by Crippen LogP contribution is 2.60. The third-order valence-electron chi connectivity index (χ3n) is 10.4. The minimum Gasteiger partial charge on any atom is -0.465 e. The van der Waals surface area contributed by atoms with Crippen molar-refractivity contribution < 1.29 is 67.5 Å². The normalized spacial score (nSPS) is 31.8. The van der Waals surface area contributed by atoms with Gasteiger partial charge in [-0.15, -0.1) is 0 Å². The van der Waals surface area contributed by atoms with E-state index in [2.05, 4.69) is 8.31 Å². The number of hydrogen-bond donors (Lipinski definition) is 0. The van der Waals surface area contributed by atoms with Gasteiger partial charge in [-0.3, -0.25) is 18.6 Å². The number of sulfonamides is 1. The Morgan fingerprint density at radius 3 is 1.92 bits per heavy atom. The second-order valence-corrected chi connectivity index (χ2v) is 17.7. The highest BCUT2D eigenvalue weighted by atomic mass is 32.3. The van der Waals surface area contributed by atoms with Gasteiger partial charge in [-0.1, -0.05) is 19.8 Å². The number of rotatable bonds is 16. The standard InChI is InChI=1S/C30H43F3NO12S2/c1-28(16-42-17-28)18-45-26(36)23-5-3-2-4-22(23)25(35)43-8-9-46-48(40,41)34-47(38,39)30(32,33)24(31)6-7-44-27(37)29-13-19-10-20(14-29)12-21(11-19)15-29/h19-24H,2-18H2,1H3/q-1. The van der Waals surface area contributed by atoms with E-state index in [0.717, 1.165) is 19.3 Å². The summed E-state index contributed by atoms with van der Waals surface area (Å²) in [6.07, 6.45) is 2.36. The van der Waals surface area contributed by atoms with Gasteiger partial charge in [0, 0.05) is 11.8 Å². The molecule has 0 N–H and O–H groups in total. The minimum atomic E-state index is -6.31. The highest BCUT2D eigenvalue weighted by molar-refractivity contribution is 8.10. The minimum absolute atomic E-state index is 0.125. The summed E-state index contributed by atoms with van der Waals surface area (Å²) in [6.45, 7) is 0.349. The number of alkyl halides is 3. The predicted octanol–water partition coefficient (Wildman–Crippen LogP) is 3.96. The topological polar surface area (TPSA) is 180 Å². The largest absolute Gasteiger partial charge is 0.465 e. The molecule has 274 valence electrons. The Hall–Kier alpha value is -2.02. The molecule has 0 aromatic carbocycles. The van der Waals surface area contributed by atoms with Crippen LogP contribution in [-0.4, -0.2) is 85.8 Å². The summed E-state index contributed by atoms with van der Waals surface area (Å²) < 4.78 is 119. The van der Waals surface area contributed by atoms with Gasteiger partial charge in [0.2, 0.25) is 10.3 Å². The zero-order valence-corrected chi connectivity index (χ0v) is 28.4. The number of carbonyl (C=O) groups excluding carboxylic acids is 3. The maximum Gasteiger partial charge on any atom is 0.360 e. The molecule has 4 bridgehead atoms. The van der Waals surface area contributed by atoms with Crippen LogP contribution < -0.4 is 0 Å². The quantitative estimate of drug-likeness (QED) is 0.127. The van der Waals surface area contributed by atoms with Crippen LogP contribution in [0.3, 0.4) is 0 Å². The lowest BCUT2D eigenvalue weighted by Gasteiger charge is -2.55. The molecule has 6 fully saturated rings. The molecule has 6 rings (SSSR count). The van der Waals surface area contributed by atoms with E-state index in [4.69, 9.17) is 18.9 Å². The van der Waals surface area contributed by atoms with Crippen molar-refractivity contribution in [3.05, 3.63) is 4.13 Å². The summed E-state index contributed by atoms with van der Waals surface area (Å²) in [4.78, 5) is 38.2. The number of nitrogens with zero attached hydrogens (tertiary/aromatic N) is 1. The smallest absolute Gasteiger partial charge is 0.360 e. The van der Waals surface area contributed by atoms with Gasteiger partial charge in [0.05, 0.1) is 43.7 Å². The van der Waals surface area contributed by atoms with Crippen LogP contribution in [-0.2, 0) is 57.8 Å². The molecule has 3 unspecified atom stereocenters. The van der Waals surface area contributed by atoms with E-state index in [1.54, 1.807) is 0 Å². The van der Waals surface area contributed by atoms with E-state index in [9.17, 15) is 44.4 Å². The van der Waals surface area contributed by atoms with E-state index in [-0.39, 0.29) is 12.0 Å². The molecule has 48 heavy (non-hydrogen) atoms. The van der Waals surface area contributed by atoms with Crippen molar-refractivity contribution in [3.63, 3.8) is 0 Å². The van der Waals surface area contributed by atoms with Gasteiger partial charge in [-0.2, -0.15) is 8.78 Å².